The molecule has 2 saturated carbocycles. The first kappa shape index (κ1) is 19.9. The van der Waals surface area contributed by atoms with E-state index in [4.69, 9.17) is 16.6 Å². The Morgan fingerprint density at radius 1 is 1.32 bits per heavy atom. The second-order valence-electron chi connectivity index (χ2n) is 9.57. The molecule has 1 saturated heterocycles. The first-order valence-corrected chi connectivity index (χ1v) is 12.9. The lowest BCUT2D eigenvalue weighted by molar-refractivity contribution is 0.144. The van der Waals surface area contributed by atoms with Gasteiger partial charge in [-0.3, -0.25) is 9.19 Å². The maximum absolute atomic E-state index is 12.7. The van der Waals surface area contributed by atoms with Crippen molar-refractivity contribution in [1.82, 2.24) is 9.97 Å². The van der Waals surface area contributed by atoms with Crippen LogP contribution in [0, 0.1) is 5.92 Å². The molecule has 2 aromatic heterocycles. The normalized spacial score (nSPS) is 30.3. The van der Waals surface area contributed by atoms with Gasteiger partial charge in [-0.25, -0.2) is 4.98 Å². The molecule has 2 aromatic rings. The van der Waals surface area contributed by atoms with Crippen LogP contribution in [-0.4, -0.2) is 49.8 Å². The molecule has 31 heavy (non-hydrogen) atoms. The topological polar surface area (TPSA) is 78.4 Å². The zero-order chi connectivity index (χ0) is 21.2. The lowest BCUT2D eigenvalue weighted by Gasteiger charge is -2.42. The van der Waals surface area contributed by atoms with Gasteiger partial charge in [0.2, 0.25) is 0 Å². The van der Waals surface area contributed by atoms with E-state index in [9.17, 15) is 9.32 Å². The third-order valence-electron chi connectivity index (χ3n) is 7.76. The molecule has 3 unspecified atom stereocenters. The molecule has 2 bridgehead atoms. The van der Waals surface area contributed by atoms with Crippen LogP contribution in [0.3, 0.4) is 0 Å². The minimum Gasteiger partial charge on any atom is -0.394 e. The van der Waals surface area contributed by atoms with E-state index < -0.39 is 10.8 Å². The highest BCUT2D eigenvalue weighted by Crippen LogP contribution is 2.49. The monoisotopic (exact) mass is 458 g/mol. The molecule has 2 aliphatic carbocycles. The lowest BCUT2D eigenvalue weighted by atomic mass is 9.77. The summed E-state index contributed by atoms with van der Waals surface area (Å²) < 4.78 is 12.7. The predicted molar refractivity (Wildman–Crippen MR) is 122 cm³/mol. The standard InChI is InChI=1S/C23H27ClN4O2S/c24-15-2-3-18(25-11-15)17-9-16-8-14(17)12-28(16)21-10-20(27-23(13-29)5-1-6-23)22-19(26-21)4-7-31(22)30/h2-3,10-11,14,16-17,29H,1,4-9,12-13H2,(H,26,27)/t14?,16?,17?,31-/m0/s1. The zero-order valence-corrected chi connectivity index (χ0v) is 19.0. The van der Waals surface area contributed by atoms with Gasteiger partial charge in [0, 0.05) is 48.6 Å². The third-order valence-corrected chi connectivity index (χ3v) is 9.47. The van der Waals surface area contributed by atoms with E-state index in [1.807, 2.05) is 6.07 Å². The van der Waals surface area contributed by atoms with Gasteiger partial charge in [-0.15, -0.1) is 0 Å². The molecule has 0 aromatic carbocycles. The number of hydrogen-bond acceptors (Lipinski definition) is 6. The average molecular weight is 459 g/mol. The summed E-state index contributed by atoms with van der Waals surface area (Å²) in [5.74, 6) is 2.67. The number of anilines is 2. The molecule has 0 radical (unpaired) electrons. The van der Waals surface area contributed by atoms with Gasteiger partial charge in [-0.2, -0.15) is 0 Å². The molecule has 8 heteroatoms. The van der Waals surface area contributed by atoms with E-state index in [0.717, 1.165) is 72.9 Å². The van der Waals surface area contributed by atoms with Crippen molar-refractivity contribution in [2.45, 2.75) is 60.9 Å². The molecule has 2 N–H and O–H groups in total. The lowest BCUT2D eigenvalue weighted by Crippen LogP contribution is -2.48. The molecular formula is C23H27ClN4O2S. The summed E-state index contributed by atoms with van der Waals surface area (Å²) in [5.41, 5.74) is 2.76. The minimum absolute atomic E-state index is 0.107. The van der Waals surface area contributed by atoms with E-state index in [1.165, 1.54) is 0 Å². The van der Waals surface area contributed by atoms with Crippen LogP contribution in [-0.2, 0) is 17.2 Å². The van der Waals surface area contributed by atoms with Gasteiger partial charge >= 0.3 is 0 Å². The van der Waals surface area contributed by atoms with Crippen LogP contribution in [0.1, 0.15) is 49.4 Å². The van der Waals surface area contributed by atoms with Crippen molar-refractivity contribution in [1.29, 1.82) is 0 Å². The average Bonchev–Trinajstić information content (AvgIpc) is 3.45. The number of halogens is 1. The number of fused-ring (bicyclic) bond motifs is 3. The van der Waals surface area contributed by atoms with Gasteiger partial charge in [0.25, 0.3) is 0 Å². The van der Waals surface area contributed by atoms with Crippen LogP contribution < -0.4 is 10.2 Å². The number of pyridine rings is 2. The molecule has 0 spiro atoms. The number of piperidine rings is 1. The molecule has 2 aliphatic heterocycles. The van der Waals surface area contributed by atoms with Crippen LogP contribution in [0.2, 0.25) is 5.02 Å². The fourth-order valence-corrected chi connectivity index (χ4v) is 7.40. The molecule has 0 amide bonds. The van der Waals surface area contributed by atoms with Crippen LogP contribution in [0.4, 0.5) is 11.5 Å². The second-order valence-corrected chi connectivity index (χ2v) is 11.5. The van der Waals surface area contributed by atoms with Crippen molar-refractivity contribution >= 4 is 33.9 Å². The largest absolute Gasteiger partial charge is 0.394 e. The quantitative estimate of drug-likeness (QED) is 0.714. The number of nitrogens with zero attached hydrogens (tertiary/aromatic N) is 3. The third kappa shape index (κ3) is 3.28. The molecule has 6 nitrogen and oxygen atoms in total. The van der Waals surface area contributed by atoms with Gasteiger partial charge in [0.05, 0.1) is 44.2 Å². The zero-order valence-electron chi connectivity index (χ0n) is 17.4. The van der Waals surface area contributed by atoms with Crippen LogP contribution in [0.15, 0.2) is 29.3 Å². The molecule has 6 rings (SSSR count). The first-order valence-electron chi connectivity index (χ1n) is 11.2. The second kappa shape index (κ2) is 7.42. The van der Waals surface area contributed by atoms with Gasteiger partial charge in [0.15, 0.2) is 0 Å². The molecular weight excluding hydrogens is 432 g/mol. The van der Waals surface area contributed by atoms with E-state index >= 15 is 0 Å². The van der Waals surface area contributed by atoms with Crippen molar-refractivity contribution in [3.8, 4) is 0 Å². The van der Waals surface area contributed by atoms with Crippen LogP contribution in [0.5, 0.6) is 0 Å². The van der Waals surface area contributed by atoms with Gasteiger partial charge in [-0.05, 0) is 50.2 Å². The highest BCUT2D eigenvalue weighted by atomic mass is 35.5. The summed E-state index contributed by atoms with van der Waals surface area (Å²) in [6.45, 7) is 1.08. The number of aryl methyl sites for hydroxylation is 1. The van der Waals surface area contributed by atoms with Gasteiger partial charge < -0.3 is 15.3 Å². The Morgan fingerprint density at radius 2 is 2.19 bits per heavy atom. The number of aliphatic hydroxyl groups is 1. The van der Waals surface area contributed by atoms with Crippen molar-refractivity contribution < 1.29 is 9.32 Å². The van der Waals surface area contributed by atoms with Crippen molar-refractivity contribution in [2.24, 2.45) is 5.92 Å². The summed E-state index contributed by atoms with van der Waals surface area (Å²) in [6, 6.07) is 6.54. The number of aromatic nitrogens is 2. The smallest absolute Gasteiger partial charge is 0.131 e. The Balaban J connectivity index is 1.28. The fraction of sp³-hybridized carbons (Fsp3) is 0.565. The van der Waals surface area contributed by atoms with Crippen molar-refractivity contribution in [3.05, 3.63) is 40.8 Å². The summed E-state index contributed by atoms with van der Waals surface area (Å²) in [4.78, 5) is 12.8. The summed E-state index contributed by atoms with van der Waals surface area (Å²) in [5, 5.41) is 14.2. The molecule has 3 fully saturated rings. The Bertz CT molecular complexity index is 1040. The van der Waals surface area contributed by atoms with Crippen molar-refractivity contribution in [2.75, 3.05) is 29.1 Å². The van der Waals surface area contributed by atoms with Crippen molar-refractivity contribution in [3.63, 3.8) is 0 Å². The molecule has 4 heterocycles. The Kier molecular flexibility index (Phi) is 4.78. The highest BCUT2D eigenvalue weighted by molar-refractivity contribution is 7.85. The van der Waals surface area contributed by atoms with Gasteiger partial charge in [-0.1, -0.05) is 11.6 Å². The summed E-state index contributed by atoms with van der Waals surface area (Å²) >= 11 is 6.02. The van der Waals surface area contributed by atoms with Crippen LogP contribution in [0.25, 0.3) is 0 Å². The van der Waals surface area contributed by atoms with E-state index in [-0.39, 0.29) is 12.1 Å². The van der Waals surface area contributed by atoms with Gasteiger partial charge in [0.1, 0.15) is 5.82 Å². The number of rotatable bonds is 5. The molecule has 4 aliphatic rings. The fourth-order valence-electron chi connectivity index (χ4n) is 5.94. The maximum Gasteiger partial charge on any atom is 0.131 e. The number of hydrogen-bond donors (Lipinski definition) is 2. The van der Waals surface area contributed by atoms with E-state index in [0.29, 0.717) is 28.7 Å². The van der Waals surface area contributed by atoms with E-state index in [1.54, 1.807) is 6.20 Å². The van der Waals surface area contributed by atoms with E-state index in [2.05, 4.69) is 27.3 Å². The Hall–Kier alpha value is -1.70. The first-order chi connectivity index (χ1) is 15.0. The Labute approximate surface area is 189 Å². The number of nitrogens with one attached hydrogen (secondary N) is 1. The Morgan fingerprint density at radius 3 is 2.84 bits per heavy atom. The minimum atomic E-state index is -1.01. The molecule has 164 valence electrons. The maximum atomic E-state index is 12.7. The van der Waals surface area contributed by atoms with Crippen LogP contribution >= 0.6 is 11.6 Å². The molecule has 4 atom stereocenters. The summed E-state index contributed by atoms with van der Waals surface area (Å²) in [7, 11) is -1.01. The number of aliphatic hydroxyl groups excluding tert-OH is 1. The SMILES string of the molecule is O=[S@]1CCc2nc(N3CC4CC3CC4c3ccc(Cl)cn3)cc(NC3(CO)CCC3)c21. The highest BCUT2D eigenvalue weighted by Gasteiger charge is 2.47. The summed E-state index contributed by atoms with van der Waals surface area (Å²) in [6.07, 6.45) is 7.76. The predicted octanol–water partition coefficient (Wildman–Crippen LogP) is 3.50.